The van der Waals surface area contributed by atoms with E-state index in [1.807, 2.05) is 25.1 Å². The van der Waals surface area contributed by atoms with Crippen molar-refractivity contribution in [2.24, 2.45) is 0 Å². The van der Waals surface area contributed by atoms with Crippen LogP contribution in [0.3, 0.4) is 0 Å². The van der Waals surface area contributed by atoms with E-state index in [-0.39, 0.29) is 22.7 Å². The number of esters is 1. The second-order valence-corrected chi connectivity index (χ2v) is 6.58. The summed E-state index contributed by atoms with van der Waals surface area (Å²) in [5.74, 6) is -1.23. The number of hydrogen-bond donors (Lipinski definition) is 2. The van der Waals surface area contributed by atoms with Gasteiger partial charge < -0.3 is 15.2 Å². The largest absolute Gasteiger partial charge is 0.466 e. The zero-order valence-electron chi connectivity index (χ0n) is 14.4. The Bertz CT molecular complexity index is 908. The van der Waals surface area contributed by atoms with Gasteiger partial charge in [-0.05, 0) is 24.1 Å². The molecule has 6 heteroatoms. The smallest absolute Gasteiger partial charge is 0.332 e. The first-order valence-corrected chi connectivity index (χ1v) is 8.42. The summed E-state index contributed by atoms with van der Waals surface area (Å²) in [5.41, 5.74) is 0.321. The first-order valence-electron chi connectivity index (χ1n) is 8.04. The first kappa shape index (κ1) is 18.2. The summed E-state index contributed by atoms with van der Waals surface area (Å²) in [4.78, 5) is 25.0. The number of halogens is 1. The highest BCUT2D eigenvalue weighted by Gasteiger charge is 2.46. The summed E-state index contributed by atoms with van der Waals surface area (Å²) in [6.07, 6.45) is 1.09. The Morgan fingerprint density at radius 1 is 1.27 bits per heavy atom. The highest BCUT2D eigenvalue weighted by atomic mass is 35.5. The van der Waals surface area contributed by atoms with Crippen molar-refractivity contribution < 1.29 is 19.4 Å². The monoisotopic (exact) mass is 371 g/mol. The number of ether oxygens (including phenoxy) is 1. The molecule has 1 atom stereocenters. The molecule has 0 bridgehead atoms. The van der Waals surface area contributed by atoms with Crippen LogP contribution in [0.25, 0.3) is 0 Å². The summed E-state index contributed by atoms with van der Waals surface area (Å²) >= 11 is 6.24. The summed E-state index contributed by atoms with van der Waals surface area (Å²) in [6, 6.07) is 12.5. The zero-order valence-corrected chi connectivity index (χ0v) is 15.1. The van der Waals surface area contributed by atoms with E-state index in [1.54, 1.807) is 24.3 Å². The molecule has 0 saturated carbocycles. The van der Waals surface area contributed by atoms with Gasteiger partial charge in [0.2, 0.25) is 5.78 Å². The Kier molecular flexibility index (Phi) is 4.85. The highest BCUT2D eigenvalue weighted by molar-refractivity contribution is 6.36. The second kappa shape index (κ2) is 6.94. The van der Waals surface area contributed by atoms with Crippen LogP contribution in [0.1, 0.15) is 21.5 Å². The van der Waals surface area contributed by atoms with Crippen LogP contribution in [-0.4, -0.2) is 29.6 Å². The van der Waals surface area contributed by atoms with Crippen molar-refractivity contribution in [3.8, 4) is 0 Å². The second-order valence-electron chi connectivity index (χ2n) is 6.17. The number of anilines is 1. The zero-order chi connectivity index (χ0) is 18.9. The summed E-state index contributed by atoms with van der Waals surface area (Å²) in [5, 5.41) is 14.6. The fraction of sp³-hybridized carbons (Fsp3) is 0.200. The minimum absolute atomic E-state index is 0.00773. The summed E-state index contributed by atoms with van der Waals surface area (Å²) in [6.45, 7) is 1.81. The molecule has 1 heterocycles. The fourth-order valence-electron chi connectivity index (χ4n) is 3.03. The molecule has 1 unspecified atom stereocenters. The number of ketones is 1. The van der Waals surface area contributed by atoms with Crippen molar-refractivity contribution in [2.75, 3.05) is 12.4 Å². The Morgan fingerprint density at radius 2 is 1.96 bits per heavy atom. The van der Waals surface area contributed by atoms with Gasteiger partial charge in [0.25, 0.3) is 0 Å². The van der Waals surface area contributed by atoms with Crippen LogP contribution in [0.5, 0.6) is 0 Å². The van der Waals surface area contributed by atoms with Gasteiger partial charge in [0, 0.05) is 12.5 Å². The number of nitrogens with one attached hydrogen (secondary N) is 1. The number of carbonyl (C=O) groups is 2. The Hall–Kier alpha value is -2.63. The van der Waals surface area contributed by atoms with Crippen molar-refractivity contribution in [2.45, 2.75) is 18.9 Å². The van der Waals surface area contributed by atoms with Gasteiger partial charge in [-0.25, -0.2) is 4.79 Å². The average molecular weight is 372 g/mol. The van der Waals surface area contributed by atoms with E-state index in [0.717, 1.165) is 17.2 Å². The Balaban J connectivity index is 2.18. The Morgan fingerprint density at radius 3 is 2.62 bits per heavy atom. The molecule has 2 aromatic rings. The molecule has 5 nitrogen and oxygen atoms in total. The molecule has 3 rings (SSSR count). The number of Topliss-reactive ketones (excluding diaryl/α,β-unsaturated/α-hetero) is 1. The molecule has 1 aliphatic rings. The number of benzene rings is 2. The number of aliphatic hydroxyl groups is 1. The average Bonchev–Trinajstić information content (AvgIpc) is 2.63. The maximum Gasteiger partial charge on any atom is 0.332 e. The lowest BCUT2D eigenvalue weighted by atomic mass is 9.79. The third-order valence-corrected chi connectivity index (χ3v) is 4.75. The van der Waals surface area contributed by atoms with E-state index < -0.39 is 17.4 Å². The van der Waals surface area contributed by atoms with Gasteiger partial charge in [-0.3, -0.25) is 4.79 Å². The molecule has 0 aromatic heterocycles. The maximum absolute atomic E-state index is 13.2. The minimum Gasteiger partial charge on any atom is -0.466 e. The van der Waals surface area contributed by atoms with Crippen LogP contribution in [0.15, 0.2) is 54.2 Å². The van der Waals surface area contributed by atoms with Gasteiger partial charge in [-0.15, -0.1) is 0 Å². The topological polar surface area (TPSA) is 75.6 Å². The number of carbonyl (C=O) groups excluding carboxylic acids is 2. The maximum atomic E-state index is 13.2. The quantitative estimate of drug-likeness (QED) is 0.639. The van der Waals surface area contributed by atoms with Crippen LogP contribution in [0.2, 0.25) is 5.02 Å². The summed E-state index contributed by atoms with van der Waals surface area (Å²) in [7, 11) is 1.23. The SMILES string of the molecule is COC(=O)/C=C1\Nc2c(C)ccc(Cl)c2C(=O)C1(O)Cc1ccccc1. The van der Waals surface area contributed by atoms with Crippen molar-refractivity contribution in [3.05, 3.63) is 76.0 Å². The van der Waals surface area contributed by atoms with Crippen molar-refractivity contribution >= 4 is 29.0 Å². The highest BCUT2D eigenvalue weighted by Crippen LogP contribution is 2.40. The van der Waals surface area contributed by atoms with Gasteiger partial charge >= 0.3 is 5.97 Å². The minimum atomic E-state index is -1.96. The molecular formula is C20H18ClNO4. The van der Waals surface area contributed by atoms with E-state index in [4.69, 9.17) is 11.6 Å². The van der Waals surface area contributed by atoms with Crippen molar-refractivity contribution in [3.63, 3.8) is 0 Å². The van der Waals surface area contributed by atoms with Crippen LogP contribution in [-0.2, 0) is 16.0 Å². The van der Waals surface area contributed by atoms with Crippen LogP contribution in [0, 0.1) is 6.92 Å². The van der Waals surface area contributed by atoms with Crippen LogP contribution >= 0.6 is 11.6 Å². The molecule has 26 heavy (non-hydrogen) atoms. The first-order chi connectivity index (χ1) is 12.4. The van der Waals surface area contributed by atoms with Gasteiger partial charge in [0.15, 0.2) is 5.60 Å². The number of methoxy groups -OCH3 is 1. The predicted molar refractivity (Wildman–Crippen MR) is 99.3 cm³/mol. The molecule has 0 amide bonds. The summed E-state index contributed by atoms with van der Waals surface area (Å²) < 4.78 is 4.67. The lowest BCUT2D eigenvalue weighted by Gasteiger charge is -2.36. The van der Waals surface area contributed by atoms with Gasteiger partial charge in [0.05, 0.1) is 29.1 Å². The van der Waals surface area contributed by atoms with Gasteiger partial charge in [-0.2, -0.15) is 0 Å². The molecular weight excluding hydrogens is 354 g/mol. The number of hydrogen-bond acceptors (Lipinski definition) is 5. The number of rotatable bonds is 3. The molecule has 0 fully saturated rings. The van der Waals surface area contributed by atoms with Crippen LogP contribution in [0.4, 0.5) is 5.69 Å². The predicted octanol–water partition coefficient (Wildman–Crippen LogP) is 3.29. The fourth-order valence-corrected chi connectivity index (χ4v) is 3.27. The standard InChI is InChI=1S/C20H18ClNO4/c1-12-8-9-14(21)17-18(12)22-15(10-16(23)26-2)20(25,19(17)24)11-13-6-4-3-5-7-13/h3-10,22,25H,11H2,1-2H3/b15-10-. The number of fused-ring (bicyclic) bond motifs is 1. The van der Waals surface area contributed by atoms with Gasteiger partial charge in [0.1, 0.15) is 0 Å². The molecule has 0 radical (unpaired) electrons. The van der Waals surface area contributed by atoms with Crippen molar-refractivity contribution in [1.82, 2.24) is 0 Å². The lowest BCUT2D eigenvalue weighted by molar-refractivity contribution is -0.135. The van der Waals surface area contributed by atoms with E-state index >= 15 is 0 Å². The molecule has 0 spiro atoms. The molecule has 0 aliphatic carbocycles. The molecule has 134 valence electrons. The lowest BCUT2D eigenvalue weighted by Crippen LogP contribution is -2.49. The number of aryl methyl sites for hydroxylation is 1. The Labute approximate surface area is 156 Å². The van der Waals surface area contributed by atoms with Crippen LogP contribution < -0.4 is 5.32 Å². The normalized spacial score (nSPS) is 20.5. The molecule has 0 saturated heterocycles. The van der Waals surface area contributed by atoms with E-state index in [1.165, 1.54) is 7.11 Å². The van der Waals surface area contributed by atoms with E-state index in [2.05, 4.69) is 10.1 Å². The van der Waals surface area contributed by atoms with Crippen molar-refractivity contribution in [1.29, 1.82) is 0 Å². The van der Waals surface area contributed by atoms with E-state index in [0.29, 0.717) is 5.69 Å². The van der Waals surface area contributed by atoms with Gasteiger partial charge in [-0.1, -0.05) is 48.0 Å². The molecule has 1 aliphatic heterocycles. The van der Waals surface area contributed by atoms with E-state index in [9.17, 15) is 14.7 Å². The third-order valence-electron chi connectivity index (χ3n) is 4.44. The molecule has 2 N–H and O–H groups in total. The molecule has 2 aromatic carbocycles. The third kappa shape index (κ3) is 3.11.